The van der Waals surface area contributed by atoms with Crippen LogP contribution in [0.2, 0.25) is 0 Å². The van der Waals surface area contributed by atoms with Crippen molar-refractivity contribution >= 4 is 0 Å². The summed E-state index contributed by atoms with van der Waals surface area (Å²) in [6.07, 6.45) is 1.88. The fraction of sp³-hybridized carbons (Fsp3) is 0.647. The molecule has 1 rings (SSSR count). The Morgan fingerprint density at radius 1 is 0.889 bits per heavy atom. The molecule has 18 heavy (non-hydrogen) atoms. The van der Waals surface area contributed by atoms with Crippen LogP contribution in [0.15, 0.2) is 12.1 Å². The first kappa shape index (κ1) is 15.2. The molecule has 0 fully saturated rings. The van der Waals surface area contributed by atoms with Crippen LogP contribution in [0.4, 0.5) is 0 Å². The fourth-order valence-electron chi connectivity index (χ4n) is 2.58. The topological polar surface area (TPSA) is 20.2 Å². The maximum atomic E-state index is 9.98. The summed E-state index contributed by atoms with van der Waals surface area (Å²) in [5, 5.41) is 9.98. The average Bonchev–Trinajstić information content (AvgIpc) is 2.28. The van der Waals surface area contributed by atoms with Crippen LogP contribution in [-0.4, -0.2) is 5.11 Å². The van der Waals surface area contributed by atoms with Crippen LogP contribution in [0.5, 0.6) is 0 Å². The highest BCUT2D eigenvalue weighted by Gasteiger charge is 2.16. The third kappa shape index (κ3) is 3.35. The molecular weight excluding hydrogens is 220 g/mol. The lowest BCUT2D eigenvalue weighted by Gasteiger charge is -2.21. The lowest BCUT2D eigenvalue weighted by atomic mass is 9.85. The van der Waals surface area contributed by atoms with Crippen molar-refractivity contribution in [1.29, 1.82) is 0 Å². The Bertz CT molecular complexity index is 389. The third-order valence-electron chi connectivity index (χ3n) is 3.56. The normalized spacial score (nSPS) is 13.4. The van der Waals surface area contributed by atoms with Gasteiger partial charge >= 0.3 is 0 Å². The van der Waals surface area contributed by atoms with Crippen molar-refractivity contribution in [3.05, 3.63) is 34.4 Å². The van der Waals surface area contributed by atoms with E-state index in [1.54, 1.807) is 0 Å². The van der Waals surface area contributed by atoms with E-state index in [0.29, 0.717) is 11.8 Å². The Labute approximate surface area is 112 Å². The largest absolute Gasteiger partial charge is 0.389 e. The van der Waals surface area contributed by atoms with Crippen LogP contribution in [-0.2, 0) is 6.42 Å². The van der Waals surface area contributed by atoms with Gasteiger partial charge in [-0.25, -0.2) is 0 Å². The second-order valence-electron chi connectivity index (χ2n) is 5.92. The van der Waals surface area contributed by atoms with Gasteiger partial charge in [-0.05, 0) is 47.4 Å². The molecule has 0 aromatic heterocycles. The van der Waals surface area contributed by atoms with Crippen LogP contribution in [0, 0.1) is 0 Å². The highest BCUT2D eigenvalue weighted by atomic mass is 16.3. The second-order valence-corrected chi connectivity index (χ2v) is 5.92. The van der Waals surface area contributed by atoms with E-state index in [0.717, 1.165) is 18.4 Å². The quantitative estimate of drug-likeness (QED) is 0.782. The first-order chi connectivity index (χ1) is 8.38. The number of benzene rings is 1. The lowest BCUT2D eigenvalue weighted by molar-refractivity contribution is 0.197. The zero-order valence-electron chi connectivity index (χ0n) is 12.7. The van der Waals surface area contributed by atoms with Crippen molar-refractivity contribution in [3.8, 4) is 0 Å². The number of aliphatic hydroxyl groups excluding tert-OH is 1. The standard InChI is InChI=1S/C17H28O/c1-7-8-14-9-17(13(6)18)16(12(4)5)10-15(14)11(2)3/h9-13,18H,7-8H2,1-6H3. The molecule has 0 bridgehead atoms. The summed E-state index contributed by atoms with van der Waals surface area (Å²) in [6, 6.07) is 4.56. The number of hydrogen-bond acceptors (Lipinski definition) is 1. The molecule has 1 nitrogen and oxygen atoms in total. The molecule has 0 aliphatic carbocycles. The van der Waals surface area contributed by atoms with Gasteiger partial charge in [0.25, 0.3) is 0 Å². The second kappa shape index (κ2) is 6.38. The number of aryl methyl sites for hydroxylation is 1. The lowest BCUT2D eigenvalue weighted by Crippen LogP contribution is -2.06. The molecule has 1 heteroatoms. The number of aliphatic hydroxyl groups is 1. The molecule has 0 amide bonds. The molecule has 1 N–H and O–H groups in total. The zero-order valence-corrected chi connectivity index (χ0v) is 12.7. The van der Waals surface area contributed by atoms with E-state index in [-0.39, 0.29) is 6.10 Å². The van der Waals surface area contributed by atoms with Gasteiger partial charge < -0.3 is 5.11 Å². The first-order valence-corrected chi connectivity index (χ1v) is 7.23. The van der Waals surface area contributed by atoms with Crippen LogP contribution in [0.3, 0.4) is 0 Å². The zero-order chi connectivity index (χ0) is 13.9. The summed E-state index contributed by atoms with van der Waals surface area (Å²) < 4.78 is 0. The SMILES string of the molecule is CCCc1cc(C(C)O)c(C(C)C)cc1C(C)C. The monoisotopic (exact) mass is 248 g/mol. The average molecular weight is 248 g/mol. The van der Waals surface area contributed by atoms with E-state index < -0.39 is 0 Å². The molecule has 0 aliphatic heterocycles. The van der Waals surface area contributed by atoms with E-state index in [1.165, 1.54) is 16.7 Å². The van der Waals surface area contributed by atoms with E-state index in [1.807, 2.05) is 6.92 Å². The van der Waals surface area contributed by atoms with E-state index in [4.69, 9.17) is 0 Å². The van der Waals surface area contributed by atoms with Gasteiger partial charge in [0.05, 0.1) is 6.10 Å². The summed E-state index contributed by atoms with van der Waals surface area (Å²) in [5.41, 5.74) is 5.27. The van der Waals surface area contributed by atoms with E-state index in [2.05, 4.69) is 46.8 Å². The van der Waals surface area contributed by atoms with Crippen LogP contribution in [0.1, 0.15) is 88.2 Å². The minimum Gasteiger partial charge on any atom is -0.389 e. The number of hydrogen-bond donors (Lipinski definition) is 1. The molecule has 0 saturated heterocycles. The van der Waals surface area contributed by atoms with Crippen molar-refractivity contribution in [1.82, 2.24) is 0 Å². The van der Waals surface area contributed by atoms with Gasteiger partial charge in [-0.2, -0.15) is 0 Å². The molecular formula is C17H28O. The van der Waals surface area contributed by atoms with Gasteiger partial charge in [-0.1, -0.05) is 53.2 Å². The molecule has 0 saturated carbocycles. The van der Waals surface area contributed by atoms with E-state index in [9.17, 15) is 5.11 Å². The van der Waals surface area contributed by atoms with Gasteiger partial charge in [-0.3, -0.25) is 0 Å². The van der Waals surface area contributed by atoms with E-state index >= 15 is 0 Å². The summed E-state index contributed by atoms with van der Waals surface area (Å²) in [6.45, 7) is 13.0. The van der Waals surface area contributed by atoms with Crippen molar-refractivity contribution in [2.45, 2.75) is 72.3 Å². The Morgan fingerprint density at radius 2 is 1.44 bits per heavy atom. The van der Waals surface area contributed by atoms with Crippen LogP contribution in [0.25, 0.3) is 0 Å². The smallest absolute Gasteiger partial charge is 0.0764 e. The third-order valence-corrected chi connectivity index (χ3v) is 3.56. The minimum atomic E-state index is -0.376. The number of rotatable bonds is 5. The minimum absolute atomic E-state index is 0.376. The molecule has 1 aromatic rings. The van der Waals surface area contributed by atoms with Crippen molar-refractivity contribution in [2.24, 2.45) is 0 Å². The first-order valence-electron chi connectivity index (χ1n) is 7.23. The predicted molar refractivity (Wildman–Crippen MR) is 79.2 cm³/mol. The Kier molecular flexibility index (Phi) is 5.40. The predicted octanol–water partition coefficient (Wildman–Crippen LogP) is 4.94. The van der Waals surface area contributed by atoms with Crippen molar-refractivity contribution in [2.75, 3.05) is 0 Å². The van der Waals surface area contributed by atoms with Crippen molar-refractivity contribution < 1.29 is 5.11 Å². The highest BCUT2D eigenvalue weighted by molar-refractivity contribution is 5.42. The molecule has 1 atom stereocenters. The van der Waals surface area contributed by atoms with Crippen LogP contribution < -0.4 is 0 Å². The molecule has 0 radical (unpaired) electrons. The van der Waals surface area contributed by atoms with Crippen LogP contribution >= 0.6 is 0 Å². The van der Waals surface area contributed by atoms with Gasteiger partial charge in [0.15, 0.2) is 0 Å². The molecule has 102 valence electrons. The molecule has 0 spiro atoms. The van der Waals surface area contributed by atoms with Gasteiger partial charge in [0.1, 0.15) is 0 Å². The maximum absolute atomic E-state index is 9.98. The summed E-state index contributed by atoms with van der Waals surface area (Å²) in [5.74, 6) is 1.01. The van der Waals surface area contributed by atoms with Gasteiger partial charge in [-0.15, -0.1) is 0 Å². The molecule has 0 heterocycles. The highest BCUT2D eigenvalue weighted by Crippen LogP contribution is 2.32. The fourth-order valence-corrected chi connectivity index (χ4v) is 2.58. The van der Waals surface area contributed by atoms with Gasteiger partial charge in [0.2, 0.25) is 0 Å². The molecule has 1 aromatic carbocycles. The molecule has 1 unspecified atom stereocenters. The summed E-state index contributed by atoms with van der Waals surface area (Å²) in [7, 11) is 0. The summed E-state index contributed by atoms with van der Waals surface area (Å²) in [4.78, 5) is 0. The van der Waals surface area contributed by atoms with Crippen molar-refractivity contribution in [3.63, 3.8) is 0 Å². The Morgan fingerprint density at radius 3 is 1.83 bits per heavy atom. The summed E-state index contributed by atoms with van der Waals surface area (Å²) >= 11 is 0. The van der Waals surface area contributed by atoms with Gasteiger partial charge in [0, 0.05) is 0 Å². The Balaban J connectivity index is 3.40. The Hall–Kier alpha value is -0.820. The maximum Gasteiger partial charge on any atom is 0.0764 e. The molecule has 0 aliphatic rings.